The van der Waals surface area contributed by atoms with Crippen molar-refractivity contribution in [3.63, 3.8) is 0 Å². The number of phosphoric acid groups is 1. The lowest BCUT2D eigenvalue weighted by atomic mass is 10.0. The number of methoxy groups -OCH3 is 2. The Labute approximate surface area is 501 Å². The Morgan fingerprint density at radius 3 is 1.41 bits per heavy atom. The summed E-state index contributed by atoms with van der Waals surface area (Å²) < 4.78 is 118. The molecule has 0 spiro atoms. The summed E-state index contributed by atoms with van der Waals surface area (Å²) in [5, 5.41) is 16.9. The van der Waals surface area contributed by atoms with Gasteiger partial charge in [-0.3, -0.25) is 14.2 Å². The van der Waals surface area contributed by atoms with Crippen LogP contribution in [-0.4, -0.2) is 168 Å². The van der Waals surface area contributed by atoms with Crippen LogP contribution < -0.4 is 20.1 Å². The van der Waals surface area contributed by atoms with Gasteiger partial charge in [-0.05, 0) is 111 Å². The SMILES string of the molecule is COc1ccc(S(=O)(=O)N(C[C@@H](O)[C@H](Cc2ccccc2)NC(=O)O[C@H]2CO[C@H]3OCC[C@H]32)OC2CCCC2)cc1.COc1ccc(S(=O)(=O)N(C[C@@H](OP(=O)(O)O)[C@H](Cc2ccccc2)NC(=O)O[C@H]2CO[C@H]3OCC[C@H]32)OC2CCCC2)cc1. The molecular formula is C58H77N4O21PS2. The number of hydrogen-bond acceptors (Lipinski definition) is 19. The van der Waals surface area contributed by atoms with Gasteiger partial charge in [-0.2, -0.15) is 0 Å². The maximum atomic E-state index is 13.9. The van der Waals surface area contributed by atoms with Crippen molar-refractivity contribution in [2.75, 3.05) is 53.7 Å². The molecule has 4 aliphatic heterocycles. The number of aliphatic hydroxyl groups is 1. The number of hydroxylamine groups is 2. The third-order valence-electron chi connectivity index (χ3n) is 15.9. The van der Waals surface area contributed by atoms with Gasteiger partial charge in [0.25, 0.3) is 20.0 Å². The number of carbonyl (C=O) groups is 2. The molecule has 2 amide bonds. The fourth-order valence-corrected chi connectivity index (χ4v) is 14.5. The fourth-order valence-electron chi connectivity index (χ4n) is 11.3. The van der Waals surface area contributed by atoms with Gasteiger partial charge in [0.05, 0.1) is 106 Å². The molecule has 25 nitrogen and oxygen atoms in total. The summed E-state index contributed by atoms with van der Waals surface area (Å²) in [6.45, 7) is 0.346. The summed E-state index contributed by atoms with van der Waals surface area (Å²) in [5.74, 6) is 0.772. The van der Waals surface area contributed by atoms with Gasteiger partial charge in [0.1, 0.15) is 29.8 Å². The molecule has 2 aliphatic carbocycles. The average molecular weight is 1260 g/mol. The van der Waals surface area contributed by atoms with E-state index >= 15 is 0 Å². The zero-order valence-electron chi connectivity index (χ0n) is 47.9. The molecule has 10 atom stereocenters. The predicted molar refractivity (Wildman–Crippen MR) is 306 cm³/mol. The Morgan fingerprint density at radius 2 is 0.988 bits per heavy atom. The topological polar surface area (TPSA) is 312 Å². The summed E-state index contributed by atoms with van der Waals surface area (Å²) in [6.07, 6.45) is 0.745. The van der Waals surface area contributed by atoms with Gasteiger partial charge in [0, 0.05) is 0 Å². The molecule has 0 bridgehead atoms. The van der Waals surface area contributed by atoms with Crippen LogP contribution in [0.2, 0.25) is 0 Å². The Balaban J connectivity index is 0.000000206. The largest absolute Gasteiger partial charge is 0.497 e. The summed E-state index contributed by atoms with van der Waals surface area (Å²) >= 11 is 0. The van der Waals surface area contributed by atoms with E-state index in [0.717, 1.165) is 55.0 Å². The molecule has 0 aromatic heterocycles. The number of carbonyl (C=O) groups excluding carboxylic acids is 2. The van der Waals surface area contributed by atoms with Gasteiger partial charge in [-0.15, -0.1) is 0 Å². The molecule has 0 radical (unpaired) electrons. The van der Waals surface area contributed by atoms with E-state index in [2.05, 4.69) is 10.6 Å². The van der Waals surface area contributed by atoms with Crippen molar-refractivity contribution in [2.45, 2.75) is 148 Å². The second-order valence-corrected chi connectivity index (χ2v) is 26.7. The molecule has 0 unspecified atom stereocenters. The van der Waals surface area contributed by atoms with Crippen molar-refractivity contribution in [3.05, 3.63) is 120 Å². The van der Waals surface area contributed by atoms with E-state index in [-0.39, 0.29) is 60.1 Å². The first-order valence-corrected chi connectivity index (χ1v) is 33.3. The number of nitrogens with one attached hydrogen (secondary N) is 2. The Hall–Kier alpha value is -5.33. The second-order valence-electron chi connectivity index (χ2n) is 21.9. The van der Waals surface area contributed by atoms with E-state index in [1.807, 2.05) is 30.3 Å². The van der Waals surface area contributed by atoms with Crippen molar-refractivity contribution in [3.8, 4) is 11.5 Å². The number of alkyl carbamates (subject to hydrolysis) is 2. The molecule has 472 valence electrons. The van der Waals surface area contributed by atoms with Gasteiger partial charge < -0.3 is 63.4 Å². The number of hydrogen-bond donors (Lipinski definition) is 5. The summed E-state index contributed by atoms with van der Waals surface area (Å²) in [5.41, 5.74) is 1.54. The van der Waals surface area contributed by atoms with Crippen LogP contribution in [0.5, 0.6) is 11.5 Å². The first-order chi connectivity index (χ1) is 41.3. The van der Waals surface area contributed by atoms with E-state index in [4.69, 9.17) is 52.1 Å². The Bertz CT molecular complexity index is 3070. The van der Waals surface area contributed by atoms with Gasteiger partial charge >= 0.3 is 20.0 Å². The highest BCUT2D eigenvalue weighted by Gasteiger charge is 2.46. The fraction of sp³-hybridized carbons (Fsp3) is 0.552. The van der Waals surface area contributed by atoms with Crippen molar-refractivity contribution >= 4 is 40.1 Å². The monoisotopic (exact) mass is 1260 g/mol. The van der Waals surface area contributed by atoms with Crippen LogP contribution in [0, 0.1) is 11.8 Å². The molecule has 4 aromatic carbocycles. The highest BCUT2D eigenvalue weighted by molar-refractivity contribution is 7.89. The lowest BCUT2D eigenvalue weighted by Gasteiger charge is -2.33. The van der Waals surface area contributed by atoms with Crippen molar-refractivity contribution < 1.29 is 98.0 Å². The minimum absolute atomic E-state index is 0.00467. The molecule has 2 saturated carbocycles. The average Bonchev–Trinajstić information content (AvgIpc) is 1.59. The van der Waals surface area contributed by atoms with E-state index in [1.165, 1.54) is 50.6 Å². The highest BCUT2D eigenvalue weighted by atomic mass is 32.2. The number of rotatable bonds is 26. The number of ether oxygens (including phenoxy) is 8. The number of aliphatic hydroxyl groups excluding tert-OH is 1. The Kier molecular flexibility index (Phi) is 22.9. The first-order valence-electron chi connectivity index (χ1n) is 28.9. The standard InChI is InChI=1S/C29H39N2O12PS.C29H38N2O9S/c1-38-21-11-13-23(14-12-21)45(36,37)31(42-22-9-5-6-10-22)18-26(43-44(33,34)35)25(17-20-7-3-2-4-8-20)30-29(32)41-27-19-40-28-24(27)15-16-39-28;1-36-21-11-13-23(14-12-21)41(34,35)31(40-22-9-5-6-10-22)18-26(32)25(17-20-7-3-2-4-8-20)30-29(33)39-27-19-38-28-24(27)15-16-37-28/h2-4,7-8,11-14,22,24-28H,5-6,9-10,15-19H2,1H3,(H,30,32)(H2,33,34,35);2-4,7-8,11-14,22,24-28,32H,5-6,9-10,15-19H2,1H3,(H,30,33)/t2*24-,25-,26+,27-,28+/m00/s1. The minimum atomic E-state index is -5.22. The highest BCUT2D eigenvalue weighted by Crippen LogP contribution is 2.40. The van der Waals surface area contributed by atoms with Crippen LogP contribution in [0.15, 0.2) is 119 Å². The molecule has 6 aliphatic rings. The minimum Gasteiger partial charge on any atom is -0.497 e. The van der Waals surface area contributed by atoms with Crippen LogP contribution in [-0.2, 0) is 80.1 Å². The molecule has 28 heteroatoms. The smallest absolute Gasteiger partial charge is 0.469 e. The number of amides is 2. The van der Waals surface area contributed by atoms with Crippen LogP contribution in [0.4, 0.5) is 9.59 Å². The van der Waals surface area contributed by atoms with Gasteiger partial charge in [-0.1, -0.05) is 95.3 Å². The lowest BCUT2D eigenvalue weighted by molar-refractivity contribution is -0.145. The molecular weight excluding hydrogens is 1180 g/mol. The van der Waals surface area contributed by atoms with Crippen molar-refractivity contribution in [2.24, 2.45) is 11.8 Å². The van der Waals surface area contributed by atoms with E-state index in [0.29, 0.717) is 54.0 Å². The van der Waals surface area contributed by atoms with Crippen LogP contribution in [0.3, 0.4) is 0 Å². The van der Waals surface area contributed by atoms with Gasteiger partial charge in [0.15, 0.2) is 12.6 Å². The molecule has 86 heavy (non-hydrogen) atoms. The first kappa shape index (κ1) is 65.1. The number of sulfonamides is 2. The molecule has 6 fully saturated rings. The van der Waals surface area contributed by atoms with Gasteiger partial charge in [-0.25, -0.2) is 31.0 Å². The molecule has 10 rings (SSSR count). The lowest BCUT2D eigenvalue weighted by Crippen LogP contribution is -2.52. The maximum absolute atomic E-state index is 13.9. The van der Waals surface area contributed by atoms with Crippen LogP contribution in [0.25, 0.3) is 0 Å². The Morgan fingerprint density at radius 1 is 0.581 bits per heavy atom. The normalized spacial score (nSPS) is 23.8. The quantitative estimate of drug-likeness (QED) is 0.0347. The summed E-state index contributed by atoms with van der Waals surface area (Å²) in [7, 11) is -10.8. The molecule has 5 N–H and O–H groups in total. The van der Waals surface area contributed by atoms with Gasteiger partial charge in [0.2, 0.25) is 0 Å². The summed E-state index contributed by atoms with van der Waals surface area (Å²) in [6, 6.07) is 27.8. The number of benzene rings is 4. The molecule has 4 heterocycles. The third-order valence-corrected chi connectivity index (χ3v) is 19.8. The van der Waals surface area contributed by atoms with E-state index in [9.17, 15) is 45.9 Å². The maximum Gasteiger partial charge on any atom is 0.469 e. The zero-order chi connectivity index (χ0) is 60.8. The van der Waals surface area contributed by atoms with E-state index < -0.39 is 102 Å². The second kappa shape index (κ2) is 30.3. The predicted octanol–water partition coefficient (Wildman–Crippen LogP) is 6.16. The number of fused-ring (bicyclic) bond motifs is 2. The molecule has 4 saturated heterocycles. The third kappa shape index (κ3) is 17.7. The summed E-state index contributed by atoms with van der Waals surface area (Å²) in [4.78, 5) is 58.0. The number of phosphoric ester groups is 1. The van der Waals surface area contributed by atoms with E-state index in [1.54, 1.807) is 42.5 Å². The van der Waals surface area contributed by atoms with Crippen LogP contribution >= 0.6 is 7.82 Å². The van der Waals surface area contributed by atoms with Crippen molar-refractivity contribution in [1.29, 1.82) is 0 Å². The molecule has 4 aromatic rings. The zero-order valence-corrected chi connectivity index (χ0v) is 50.4. The van der Waals surface area contributed by atoms with Crippen LogP contribution in [0.1, 0.15) is 75.3 Å². The number of nitrogens with zero attached hydrogens (tertiary/aromatic N) is 2. The van der Waals surface area contributed by atoms with Crippen molar-refractivity contribution in [1.82, 2.24) is 19.6 Å².